The van der Waals surface area contributed by atoms with Gasteiger partial charge in [-0.3, -0.25) is 9.69 Å². The Bertz CT molecular complexity index is 918. The van der Waals surface area contributed by atoms with Crippen LogP contribution in [-0.2, 0) is 11.0 Å². The predicted molar refractivity (Wildman–Crippen MR) is 108 cm³/mol. The van der Waals surface area contributed by atoms with E-state index in [0.717, 1.165) is 18.6 Å². The van der Waals surface area contributed by atoms with Crippen LogP contribution in [0.5, 0.6) is 0 Å². The first-order valence-corrected chi connectivity index (χ1v) is 9.86. The summed E-state index contributed by atoms with van der Waals surface area (Å²) in [5.74, 6) is -0.314. The fourth-order valence-corrected chi connectivity index (χ4v) is 3.47. The molecule has 0 saturated carbocycles. The van der Waals surface area contributed by atoms with E-state index in [2.05, 4.69) is 5.32 Å². The van der Waals surface area contributed by atoms with Gasteiger partial charge in [0.15, 0.2) is 0 Å². The van der Waals surface area contributed by atoms with E-state index < -0.39 is 23.8 Å². The van der Waals surface area contributed by atoms with Gasteiger partial charge in [-0.1, -0.05) is 30.7 Å². The second-order valence-electron chi connectivity index (χ2n) is 7.00. The zero-order valence-corrected chi connectivity index (χ0v) is 17.0. The Hall–Kier alpha value is -2.74. The van der Waals surface area contributed by atoms with Crippen LogP contribution in [0.25, 0.3) is 0 Å². The lowest BCUT2D eigenvalue weighted by Gasteiger charge is -2.24. The molecule has 9 heteroatoms. The van der Waals surface area contributed by atoms with Crippen LogP contribution in [0, 0.1) is 0 Å². The molecule has 0 aliphatic carbocycles. The lowest BCUT2D eigenvalue weighted by atomic mass is 10.0. The molecule has 0 radical (unpaired) electrons. The van der Waals surface area contributed by atoms with Gasteiger partial charge < -0.3 is 10.2 Å². The highest BCUT2D eigenvalue weighted by atomic mass is 35.5. The summed E-state index contributed by atoms with van der Waals surface area (Å²) < 4.78 is 39.6. The van der Waals surface area contributed by atoms with Crippen molar-refractivity contribution < 1.29 is 22.8 Å². The van der Waals surface area contributed by atoms with Gasteiger partial charge in [0.1, 0.15) is 6.54 Å². The van der Waals surface area contributed by atoms with Gasteiger partial charge in [0.2, 0.25) is 5.91 Å². The van der Waals surface area contributed by atoms with Gasteiger partial charge in [0, 0.05) is 23.8 Å². The Labute approximate surface area is 177 Å². The van der Waals surface area contributed by atoms with Crippen LogP contribution in [-0.4, -0.2) is 36.5 Å². The fourth-order valence-electron chi connectivity index (χ4n) is 3.35. The molecular weight excluding hydrogens is 419 g/mol. The number of carbonyl (C=O) groups is 2. The average Bonchev–Trinajstić information content (AvgIpc) is 3.02. The van der Waals surface area contributed by atoms with E-state index in [1.54, 1.807) is 30.3 Å². The van der Waals surface area contributed by atoms with E-state index in [0.29, 0.717) is 22.8 Å². The number of halogens is 4. The van der Waals surface area contributed by atoms with Gasteiger partial charge in [-0.05, 0) is 48.4 Å². The molecule has 1 unspecified atom stereocenters. The normalized spacial score (nSPS) is 16.8. The Morgan fingerprint density at radius 3 is 2.53 bits per heavy atom. The second kappa shape index (κ2) is 8.95. The molecule has 1 aliphatic heterocycles. The van der Waals surface area contributed by atoms with E-state index in [1.807, 2.05) is 6.92 Å². The minimum atomic E-state index is -4.50. The maximum absolute atomic E-state index is 13.2. The van der Waals surface area contributed by atoms with Gasteiger partial charge in [0.25, 0.3) is 0 Å². The largest absolute Gasteiger partial charge is 0.416 e. The highest BCUT2D eigenvalue weighted by Crippen LogP contribution is 2.37. The number of hydrogen-bond donors (Lipinski definition) is 1. The van der Waals surface area contributed by atoms with Gasteiger partial charge in [-0.25, -0.2) is 4.79 Å². The van der Waals surface area contributed by atoms with E-state index in [1.165, 1.54) is 15.9 Å². The van der Waals surface area contributed by atoms with Crippen molar-refractivity contribution in [2.75, 3.05) is 24.5 Å². The molecule has 1 atom stereocenters. The number of urea groups is 1. The monoisotopic (exact) mass is 439 g/mol. The van der Waals surface area contributed by atoms with Crippen LogP contribution in [0.3, 0.4) is 0 Å². The van der Waals surface area contributed by atoms with Gasteiger partial charge in [-0.2, -0.15) is 13.2 Å². The zero-order chi connectivity index (χ0) is 21.9. The highest BCUT2D eigenvalue weighted by molar-refractivity contribution is 6.30. The molecule has 1 heterocycles. The molecule has 1 fully saturated rings. The molecule has 0 aromatic heterocycles. The van der Waals surface area contributed by atoms with Gasteiger partial charge in [-0.15, -0.1) is 0 Å². The quantitative estimate of drug-likeness (QED) is 0.698. The third kappa shape index (κ3) is 4.87. The molecule has 2 aromatic rings. The number of benzene rings is 2. The van der Waals surface area contributed by atoms with Crippen LogP contribution < -0.4 is 10.2 Å². The maximum atomic E-state index is 13.2. The van der Waals surface area contributed by atoms with Crippen molar-refractivity contribution in [3.8, 4) is 0 Å². The molecule has 2 aromatic carbocycles. The minimum Gasteiger partial charge on any atom is -0.355 e. The summed E-state index contributed by atoms with van der Waals surface area (Å²) in [6.07, 6.45) is -3.74. The number of amides is 3. The van der Waals surface area contributed by atoms with Crippen molar-refractivity contribution in [1.82, 2.24) is 10.2 Å². The Morgan fingerprint density at radius 2 is 1.90 bits per heavy atom. The van der Waals surface area contributed by atoms with Crippen LogP contribution >= 0.6 is 11.6 Å². The molecule has 1 saturated heterocycles. The predicted octanol–water partition coefficient (Wildman–Crippen LogP) is 4.87. The van der Waals surface area contributed by atoms with Gasteiger partial charge >= 0.3 is 12.2 Å². The molecule has 3 amide bonds. The summed E-state index contributed by atoms with van der Waals surface area (Å²) in [5.41, 5.74) is 0.0375. The summed E-state index contributed by atoms with van der Waals surface area (Å²) >= 11 is 5.93. The minimum absolute atomic E-state index is 0.0856. The lowest BCUT2D eigenvalue weighted by Crippen LogP contribution is -2.40. The van der Waals surface area contributed by atoms with Crippen molar-refractivity contribution in [2.45, 2.75) is 25.6 Å². The third-order valence-corrected chi connectivity index (χ3v) is 5.04. The average molecular weight is 440 g/mol. The molecule has 1 N–H and O–H groups in total. The van der Waals surface area contributed by atoms with Crippen LogP contribution in [0.15, 0.2) is 48.5 Å². The number of rotatable bonds is 6. The highest BCUT2D eigenvalue weighted by Gasteiger charge is 2.41. The zero-order valence-electron chi connectivity index (χ0n) is 16.2. The SMILES string of the molecule is CCCNC(=O)CN1CC(c2cccc(C(F)(F)F)c2)N(c2ccc(Cl)cc2)C1=O. The first kappa shape index (κ1) is 22.0. The van der Waals surface area contributed by atoms with Crippen molar-refractivity contribution in [1.29, 1.82) is 0 Å². The van der Waals surface area contributed by atoms with Crippen LogP contribution in [0.4, 0.5) is 23.7 Å². The molecule has 0 bridgehead atoms. The van der Waals surface area contributed by atoms with E-state index in [-0.39, 0.29) is 19.0 Å². The molecule has 0 spiro atoms. The summed E-state index contributed by atoms with van der Waals surface area (Å²) in [5, 5.41) is 3.18. The third-order valence-electron chi connectivity index (χ3n) is 4.79. The van der Waals surface area contributed by atoms with Crippen molar-refractivity contribution in [3.63, 3.8) is 0 Å². The Morgan fingerprint density at radius 1 is 1.20 bits per heavy atom. The molecule has 3 rings (SSSR count). The topological polar surface area (TPSA) is 52.7 Å². The van der Waals surface area contributed by atoms with E-state index in [9.17, 15) is 22.8 Å². The van der Waals surface area contributed by atoms with Crippen LogP contribution in [0.2, 0.25) is 5.02 Å². The summed E-state index contributed by atoms with van der Waals surface area (Å²) in [7, 11) is 0. The van der Waals surface area contributed by atoms with Crippen molar-refractivity contribution in [3.05, 3.63) is 64.7 Å². The number of nitrogens with zero attached hydrogens (tertiary/aromatic N) is 2. The smallest absolute Gasteiger partial charge is 0.355 e. The molecule has 1 aliphatic rings. The summed E-state index contributed by atoms with van der Waals surface area (Å²) in [4.78, 5) is 28.0. The number of anilines is 1. The number of hydrogen-bond acceptors (Lipinski definition) is 2. The number of alkyl halides is 3. The number of nitrogens with one attached hydrogen (secondary N) is 1. The maximum Gasteiger partial charge on any atom is 0.416 e. The summed E-state index contributed by atoms with van der Waals surface area (Å²) in [6, 6.07) is 10.2. The molecular formula is C21H21ClF3N3O2. The molecule has 30 heavy (non-hydrogen) atoms. The van der Waals surface area contributed by atoms with Crippen LogP contribution in [0.1, 0.15) is 30.5 Å². The van der Waals surface area contributed by atoms with E-state index >= 15 is 0 Å². The second-order valence-corrected chi connectivity index (χ2v) is 7.43. The standard InChI is InChI=1S/C21H21ClF3N3O2/c1-2-10-26-19(29)13-27-12-18(14-4-3-5-15(11-14)21(23,24)25)28(20(27)30)17-8-6-16(22)7-9-17/h3-9,11,18H,2,10,12-13H2,1H3,(H,26,29). The van der Waals surface area contributed by atoms with Crippen molar-refractivity contribution in [2.24, 2.45) is 0 Å². The Balaban J connectivity index is 1.95. The number of carbonyl (C=O) groups excluding carboxylic acids is 2. The fraction of sp³-hybridized carbons (Fsp3) is 0.333. The lowest BCUT2D eigenvalue weighted by molar-refractivity contribution is -0.137. The Kier molecular flexibility index (Phi) is 6.55. The summed E-state index contributed by atoms with van der Waals surface area (Å²) in [6.45, 7) is 2.31. The van der Waals surface area contributed by atoms with E-state index in [4.69, 9.17) is 11.6 Å². The molecule has 160 valence electrons. The van der Waals surface area contributed by atoms with Gasteiger partial charge in [0.05, 0.1) is 11.6 Å². The van der Waals surface area contributed by atoms with Crippen molar-refractivity contribution >= 4 is 29.2 Å². The first-order valence-electron chi connectivity index (χ1n) is 9.48. The molecule has 5 nitrogen and oxygen atoms in total. The first-order chi connectivity index (χ1) is 14.2.